The standard InChI is InChI=1S/C23H22Cl3N5O3S/c1-4-9-31-21(13(2)27-22(33)16-7-5-14(24)10-17(16)26)29-30-23(31)35-12-20(32)28-18-11-15(25)6-8-19(18)34-3/h4-8,10-11,13H,1,9,12H2,2-3H3,(H,27,33)(H,28,32). The normalized spacial score (nSPS) is 11.6. The molecule has 0 aliphatic carbocycles. The van der Waals surface area contributed by atoms with Crippen molar-refractivity contribution in [3.8, 4) is 5.75 Å². The van der Waals surface area contributed by atoms with Crippen LogP contribution >= 0.6 is 46.6 Å². The molecule has 12 heteroatoms. The maximum absolute atomic E-state index is 12.7. The van der Waals surface area contributed by atoms with Crippen LogP contribution < -0.4 is 15.4 Å². The highest BCUT2D eigenvalue weighted by Crippen LogP contribution is 2.28. The van der Waals surface area contributed by atoms with Crippen molar-refractivity contribution in [2.75, 3.05) is 18.2 Å². The van der Waals surface area contributed by atoms with Gasteiger partial charge in [-0.2, -0.15) is 0 Å². The Hall–Kier alpha value is -2.72. The predicted molar refractivity (Wildman–Crippen MR) is 140 cm³/mol. The van der Waals surface area contributed by atoms with Crippen molar-refractivity contribution in [1.29, 1.82) is 0 Å². The van der Waals surface area contributed by atoms with E-state index in [4.69, 9.17) is 39.5 Å². The molecule has 0 saturated carbocycles. The first-order valence-corrected chi connectivity index (χ1v) is 12.4. The van der Waals surface area contributed by atoms with E-state index in [-0.39, 0.29) is 22.6 Å². The van der Waals surface area contributed by atoms with Crippen LogP contribution in [0.1, 0.15) is 29.1 Å². The molecule has 0 aliphatic heterocycles. The van der Waals surface area contributed by atoms with E-state index in [9.17, 15) is 9.59 Å². The van der Waals surface area contributed by atoms with E-state index >= 15 is 0 Å². The van der Waals surface area contributed by atoms with Crippen molar-refractivity contribution in [2.45, 2.75) is 24.7 Å². The summed E-state index contributed by atoms with van der Waals surface area (Å²) in [6, 6.07) is 9.10. The molecule has 0 radical (unpaired) electrons. The van der Waals surface area contributed by atoms with Gasteiger partial charge in [-0.25, -0.2) is 0 Å². The van der Waals surface area contributed by atoms with Crippen molar-refractivity contribution in [3.63, 3.8) is 0 Å². The molecule has 0 spiro atoms. The number of allylic oxidation sites excluding steroid dienone is 1. The first-order valence-electron chi connectivity index (χ1n) is 10.3. The van der Waals surface area contributed by atoms with Gasteiger partial charge >= 0.3 is 0 Å². The summed E-state index contributed by atoms with van der Waals surface area (Å²) in [6.07, 6.45) is 1.68. The summed E-state index contributed by atoms with van der Waals surface area (Å²) in [7, 11) is 1.51. The van der Waals surface area contributed by atoms with Crippen LogP contribution in [0.4, 0.5) is 5.69 Å². The van der Waals surface area contributed by atoms with Crippen LogP contribution in [0.25, 0.3) is 0 Å². The van der Waals surface area contributed by atoms with E-state index in [0.717, 1.165) is 0 Å². The van der Waals surface area contributed by atoms with Gasteiger partial charge in [0.2, 0.25) is 5.91 Å². The summed E-state index contributed by atoms with van der Waals surface area (Å²) < 4.78 is 7.03. The van der Waals surface area contributed by atoms with Crippen molar-refractivity contribution in [3.05, 3.63) is 75.5 Å². The molecule has 0 bridgehead atoms. The number of hydrogen-bond acceptors (Lipinski definition) is 6. The van der Waals surface area contributed by atoms with Gasteiger partial charge in [0.05, 0.1) is 35.2 Å². The number of hydrogen-bond donors (Lipinski definition) is 2. The highest BCUT2D eigenvalue weighted by Gasteiger charge is 2.21. The SMILES string of the molecule is C=CCn1c(SCC(=O)Nc2cc(Cl)ccc2OC)nnc1C(C)NC(=O)c1ccc(Cl)cc1Cl. The average molecular weight is 555 g/mol. The monoisotopic (exact) mass is 553 g/mol. The Morgan fingerprint density at radius 1 is 1.17 bits per heavy atom. The molecular weight excluding hydrogens is 533 g/mol. The van der Waals surface area contributed by atoms with Gasteiger partial charge in [-0.1, -0.05) is 52.6 Å². The molecule has 1 heterocycles. The molecule has 1 atom stereocenters. The van der Waals surface area contributed by atoms with Gasteiger partial charge in [0, 0.05) is 16.6 Å². The van der Waals surface area contributed by atoms with Crippen LogP contribution in [0.5, 0.6) is 5.75 Å². The number of carbonyl (C=O) groups is 2. The number of amides is 2. The second-order valence-electron chi connectivity index (χ2n) is 7.24. The molecule has 8 nitrogen and oxygen atoms in total. The van der Waals surface area contributed by atoms with Crippen molar-refractivity contribution < 1.29 is 14.3 Å². The summed E-state index contributed by atoms with van der Waals surface area (Å²) in [5.74, 6) is 0.407. The largest absolute Gasteiger partial charge is 0.495 e. The van der Waals surface area contributed by atoms with E-state index in [1.807, 2.05) is 0 Å². The van der Waals surface area contributed by atoms with Gasteiger partial charge in [0.15, 0.2) is 11.0 Å². The third kappa shape index (κ3) is 6.91. The summed E-state index contributed by atoms with van der Waals surface area (Å²) in [6.45, 7) is 5.94. The Kier molecular flexibility index (Phi) is 9.45. The summed E-state index contributed by atoms with van der Waals surface area (Å²) in [4.78, 5) is 25.3. The number of thioether (sulfide) groups is 1. The molecule has 2 N–H and O–H groups in total. The zero-order valence-corrected chi connectivity index (χ0v) is 21.9. The molecule has 35 heavy (non-hydrogen) atoms. The van der Waals surface area contributed by atoms with Crippen LogP contribution in [-0.2, 0) is 11.3 Å². The fourth-order valence-corrected chi connectivity index (χ4v) is 4.56. The lowest BCUT2D eigenvalue weighted by Crippen LogP contribution is -2.29. The molecule has 184 valence electrons. The highest BCUT2D eigenvalue weighted by atomic mass is 35.5. The molecule has 2 amide bonds. The minimum Gasteiger partial charge on any atom is -0.495 e. The number of anilines is 1. The molecule has 3 aromatic rings. The Morgan fingerprint density at radius 3 is 2.57 bits per heavy atom. The topological polar surface area (TPSA) is 98.1 Å². The van der Waals surface area contributed by atoms with Crippen LogP contribution in [0.3, 0.4) is 0 Å². The second-order valence-corrected chi connectivity index (χ2v) is 9.46. The van der Waals surface area contributed by atoms with Crippen molar-refractivity contribution >= 4 is 64.1 Å². The fourth-order valence-electron chi connectivity index (χ4n) is 3.13. The van der Waals surface area contributed by atoms with E-state index < -0.39 is 6.04 Å². The average Bonchev–Trinajstić information content (AvgIpc) is 3.20. The van der Waals surface area contributed by atoms with Gasteiger partial charge in [-0.3, -0.25) is 9.59 Å². The molecule has 3 rings (SSSR count). The van der Waals surface area contributed by atoms with Gasteiger partial charge < -0.3 is 19.9 Å². The molecule has 2 aromatic carbocycles. The Bertz CT molecular complexity index is 1250. The van der Waals surface area contributed by atoms with Crippen molar-refractivity contribution in [1.82, 2.24) is 20.1 Å². The van der Waals surface area contributed by atoms with Crippen LogP contribution in [0, 0.1) is 0 Å². The lowest BCUT2D eigenvalue weighted by molar-refractivity contribution is -0.113. The molecule has 0 saturated heterocycles. The molecule has 0 aliphatic rings. The number of aromatic nitrogens is 3. The van der Waals surface area contributed by atoms with E-state index in [2.05, 4.69) is 27.4 Å². The first kappa shape index (κ1) is 26.9. The van der Waals surface area contributed by atoms with E-state index in [1.165, 1.54) is 24.9 Å². The third-order valence-electron chi connectivity index (χ3n) is 4.74. The minimum atomic E-state index is -0.499. The maximum atomic E-state index is 12.7. The summed E-state index contributed by atoms with van der Waals surface area (Å²) in [5.41, 5.74) is 0.761. The molecule has 0 fully saturated rings. The Balaban J connectivity index is 1.70. The van der Waals surface area contributed by atoms with Gasteiger partial charge in [-0.05, 0) is 43.3 Å². The zero-order chi connectivity index (χ0) is 25.5. The lowest BCUT2D eigenvalue weighted by Gasteiger charge is -2.16. The number of ether oxygens (including phenoxy) is 1. The predicted octanol–water partition coefficient (Wildman–Crippen LogP) is 5.65. The molecule has 1 aromatic heterocycles. The number of benzene rings is 2. The first-order chi connectivity index (χ1) is 16.7. The van der Waals surface area contributed by atoms with Gasteiger partial charge in [0.25, 0.3) is 5.91 Å². The van der Waals surface area contributed by atoms with Gasteiger partial charge in [-0.15, -0.1) is 16.8 Å². The lowest BCUT2D eigenvalue weighted by atomic mass is 10.2. The van der Waals surface area contributed by atoms with E-state index in [1.54, 1.807) is 47.9 Å². The second kappa shape index (κ2) is 12.3. The zero-order valence-electron chi connectivity index (χ0n) is 18.8. The van der Waals surface area contributed by atoms with Crippen LogP contribution in [0.15, 0.2) is 54.2 Å². The Labute approximate surface area is 222 Å². The highest BCUT2D eigenvalue weighted by molar-refractivity contribution is 7.99. The number of rotatable bonds is 10. The van der Waals surface area contributed by atoms with Crippen LogP contribution in [-0.4, -0.2) is 39.4 Å². The third-order valence-corrected chi connectivity index (χ3v) is 6.49. The summed E-state index contributed by atoms with van der Waals surface area (Å²) >= 11 is 19.3. The van der Waals surface area contributed by atoms with E-state index in [0.29, 0.717) is 44.6 Å². The molecule has 1 unspecified atom stereocenters. The molecular formula is C23H22Cl3N5O3S. The minimum absolute atomic E-state index is 0.0616. The number of carbonyl (C=O) groups excluding carboxylic acids is 2. The quantitative estimate of drug-likeness (QED) is 0.248. The number of methoxy groups -OCH3 is 1. The van der Waals surface area contributed by atoms with Gasteiger partial charge in [0.1, 0.15) is 5.75 Å². The number of nitrogens with one attached hydrogen (secondary N) is 2. The Morgan fingerprint density at radius 2 is 1.89 bits per heavy atom. The maximum Gasteiger partial charge on any atom is 0.253 e. The fraction of sp³-hybridized carbons (Fsp3) is 0.217. The number of nitrogens with zero attached hydrogens (tertiary/aromatic N) is 3. The van der Waals surface area contributed by atoms with Crippen molar-refractivity contribution in [2.24, 2.45) is 0 Å². The smallest absolute Gasteiger partial charge is 0.253 e. The van der Waals surface area contributed by atoms with Crippen LogP contribution in [0.2, 0.25) is 15.1 Å². The number of halogens is 3. The summed E-state index contributed by atoms with van der Waals surface area (Å²) in [5, 5.41) is 15.7.